The summed E-state index contributed by atoms with van der Waals surface area (Å²) >= 11 is 0. The van der Waals surface area contributed by atoms with Crippen molar-refractivity contribution in [2.45, 2.75) is 11.8 Å². The van der Waals surface area contributed by atoms with Crippen molar-refractivity contribution in [3.8, 4) is 11.1 Å². The Morgan fingerprint density at radius 2 is 1.12 bits per heavy atom. The minimum absolute atomic E-state index is 0.337. The maximum absolute atomic E-state index is 6.88. The molecule has 156 valence electrons. The van der Waals surface area contributed by atoms with Crippen LogP contribution in [0.4, 0.5) is 0 Å². The standard InChI is InChI=1S/C30H19NO2/c31-30-24-16-14-20-12-10-18-6-2-4-8-22(18)26(20)28(24)27-23(29(30)32-33-30)15-13-19-11-9-17-5-1-3-7-21(17)25(19)27/h1-16,29H,31H2. The van der Waals surface area contributed by atoms with E-state index in [0.717, 1.165) is 16.7 Å². The van der Waals surface area contributed by atoms with E-state index in [9.17, 15) is 0 Å². The quantitative estimate of drug-likeness (QED) is 0.209. The second kappa shape index (κ2) is 5.97. The van der Waals surface area contributed by atoms with Crippen molar-refractivity contribution >= 4 is 43.1 Å². The Balaban J connectivity index is 1.68. The van der Waals surface area contributed by atoms with Gasteiger partial charge in [-0.1, -0.05) is 97.1 Å². The molecule has 0 bridgehead atoms. The summed E-state index contributed by atoms with van der Waals surface area (Å²) in [4.78, 5) is 11.3. The summed E-state index contributed by atoms with van der Waals surface area (Å²) in [6.07, 6.45) is -0.337. The fourth-order valence-corrected chi connectivity index (χ4v) is 5.95. The first kappa shape index (κ1) is 17.8. The van der Waals surface area contributed by atoms with Gasteiger partial charge >= 0.3 is 0 Å². The van der Waals surface area contributed by atoms with Gasteiger partial charge in [-0.05, 0) is 59.8 Å². The van der Waals surface area contributed by atoms with Gasteiger partial charge in [-0.2, -0.15) is 0 Å². The lowest BCUT2D eigenvalue weighted by molar-refractivity contribution is -0.524. The third kappa shape index (κ3) is 2.10. The van der Waals surface area contributed by atoms with Crippen LogP contribution in [0, 0.1) is 0 Å². The topological polar surface area (TPSA) is 44.5 Å². The lowest BCUT2D eigenvalue weighted by Gasteiger charge is -2.49. The lowest BCUT2D eigenvalue weighted by Crippen LogP contribution is -2.56. The van der Waals surface area contributed by atoms with Crippen molar-refractivity contribution < 1.29 is 9.78 Å². The first-order valence-electron chi connectivity index (χ1n) is 11.3. The van der Waals surface area contributed by atoms with E-state index in [0.29, 0.717) is 0 Å². The largest absolute Gasteiger partial charge is 0.294 e. The molecule has 0 aromatic heterocycles. The molecule has 3 heteroatoms. The molecule has 0 amide bonds. The molecule has 6 aromatic rings. The molecule has 0 saturated carbocycles. The van der Waals surface area contributed by atoms with Crippen LogP contribution in [0.5, 0.6) is 0 Å². The van der Waals surface area contributed by atoms with Crippen molar-refractivity contribution in [2.75, 3.05) is 0 Å². The van der Waals surface area contributed by atoms with Gasteiger partial charge < -0.3 is 0 Å². The van der Waals surface area contributed by atoms with Crippen LogP contribution in [0.2, 0.25) is 0 Å². The number of hydrogen-bond acceptors (Lipinski definition) is 3. The maximum Gasteiger partial charge on any atom is 0.211 e. The molecule has 1 saturated heterocycles. The fraction of sp³-hybridized carbons (Fsp3) is 0.0667. The van der Waals surface area contributed by atoms with Gasteiger partial charge in [0.2, 0.25) is 5.72 Å². The molecule has 6 aromatic carbocycles. The van der Waals surface area contributed by atoms with E-state index in [1.54, 1.807) is 0 Å². The summed E-state index contributed by atoms with van der Waals surface area (Å²) in [5.74, 6) is 0. The van der Waals surface area contributed by atoms with Gasteiger partial charge in [-0.15, -0.1) is 0 Å². The molecule has 0 radical (unpaired) electrons. The Hall–Kier alpha value is -3.76. The first-order valence-corrected chi connectivity index (χ1v) is 11.3. The Morgan fingerprint density at radius 3 is 1.76 bits per heavy atom. The van der Waals surface area contributed by atoms with Crippen LogP contribution in [0.3, 0.4) is 0 Å². The molecule has 2 atom stereocenters. The summed E-state index contributed by atoms with van der Waals surface area (Å²) in [7, 11) is 0. The van der Waals surface area contributed by atoms with E-state index in [1.165, 1.54) is 48.7 Å². The molecule has 3 nitrogen and oxygen atoms in total. The summed E-state index contributed by atoms with van der Waals surface area (Å²) < 4.78 is 0. The summed E-state index contributed by atoms with van der Waals surface area (Å²) in [5.41, 5.74) is 10.3. The van der Waals surface area contributed by atoms with Gasteiger partial charge in [-0.25, -0.2) is 9.78 Å². The van der Waals surface area contributed by atoms with Gasteiger partial charge in [0.15, 0.2) is 6.10 Å². The number of nitrogens with two attached hydrogens (primary N) is 1. The number of benzene rings is 6. The smallest absolute Gasteiger partial charge is 0.211 e. The normalized spacial score (nSPS) is 21.1. The van der Waals surface area contributed by atoms with Gasteiger partial charge in [-0.3, -0.25) is 5.73 Å². The van der Waals surface area contributed by atoms with Crippen molar-refractivity contribution in [1.82, 2.24) is 0 Å². The van der Waals surface area contributed by atoms with E-state index in [-0.39, 0.29) is 6.10 Å². The molecular formula is C30H19NO2. The lowest BCUT2D eigenvalue weighted by atomic mass is 9.73. The molecule has 1 fully saturated rings. The van der Waals surface area contributed by atoms with Gasteiger partial charge in [0.25, 0.3) is 0 Å². The van der Waals surface area contributed by atoms with Crippen molar-refractivity contribution in [3.63, 3.8) is 0 Å². The van der Waals surface area contributed by atoms with Crippen molar-refractivity contribution in [3.05, 3.63) is 108 Å². The zero-order valence-electron chi connectivity index (χ0n) is 17.7. The molecule has 2 aliphatic rings. The molecule has 2 unspecified atom stereocenters. The number of fused-ring (bicyclic) bond motifs is 14. The molecule has 1 heterocycles. The Labute approximate surface area is 189 Å². The van der Waals surface area contributed by atoms with E-state index >= 15 is 0 Å². The zero-order valence-corrected chi connectivity index (χ0v) is 17.7. The minimum atomic E-state index is -0.994. The first-order chi connectivity index (χ1) is 16.2. The van der Waals surface area contributed by atoms with Crippen LogP contribution in [0.15, 0.2) is 97.1 Å². The van der Waals surface area contributed by atoms with Crippen LogP contribution >= 0.6 is 0 Å². The average molecular weight is 425 g/mol. The van der Waals surface area contributed by atoms with Gasteiger partial charge in [0, 0.05) is 5.56 Å². The third-order valence-corrected chi connectivity index (χ3v) is 7.48. The van der Waals surface area contributed by atoms with Gasteiger partial charge in [0.05, 0.1) is 0 Å². The Morgan fingerprint density at radius 1 is 0.576 bits per heavy atom. The van der Waals surface area contributed by atoms with E-state index < -0.39 is 5.72 Å². The molecule has 0 spiro atoms. The minimum Gasteiger partial charge on any atom is -0.294 e. The van der Waals surface area contributed by atoms with Crippen LogP contribution in [0.25, 0.3) is 54.2 Å². The predicted octanol–water partition coefficient (Wildman–Crippen LogP) is 7.09. The molecule has 1 aliphatic heterocycles. The monoisotopic (exact) mass is 425 g/mol. The van der Waals surface area contributed by atoms with Crippen LogP contribution in [-0.2, 0) is 15.5 Å². The highest BCUT2D eigenvalue weighted by molar-refractivity contribution is 6.22. The molecular weight excluding hydrogens is 406 g/mol. The molecule has 33 heavy (non-hydrogen) atoms. The zero-order chi connectivity index (χ0) is 21.7. The summed E-state index contributed by atoms with van der Waals surface area (Å²) in [5, 5.41) is 9.75. The summed E-state index contributed by atoms with van der Waals surface area (Å²) in [6.45, 7) is 0. The highest BCUT2D eigenvalue weighted by Crippen LogP contribution is 2.59. The molecule has 1 aliphatic carbocycles. The van der Waals surface area contributed by atoms with Crippen LogP contribution in [0.1, 0.15) is 17.2 Å². The molecule has 2 N–H and O–H groups in total. The van der Waals surface area contributed by atoms with Crippen LogP contribution < -0.4 is 5.73 Å². The summed E-state index contributed by atoms with van der Waals surface area (Å²) in [6, 6.07) is 34.6. The average Bonchev–Trinajstić information content (AvgIpc) is 2.86. The maximum atomic E-state index is 6.88. The van der Waals surface area contributed by atoms with E-state index in [2.05, 4.69) is 97.1 Å². The Kier molecular flexibility index (Phi) is 3.21. The highest BCUT2D eigenvalue weighted by atomic mass is 17.3. The Bertz CT molecular complexity index is 1810. The SMILES string of the molecule is NC12OOC1c1ccc3ccc4ccccc4c3c1-c1c2ccc2ccc3ccccc3c12. The number of rotatable bonds is 0. The third-order valence-electron chi connectivity index (χ3n) is 7.48. The van der Waals surface area contributed by atoms with Crippen LogP contribution in [-0.4, -0.2) is 0 Å². The second-order valence-electron chi connectivity index (χ2n) is 9.14. The highest BCUT2D eigenvalue weighted by Gasteiger charge is 2.56. The van der Waals surface area contributed by atoms with Crippen molar-refractivity contribution in [2.24, 2.45) is 5.73 Å². The van der Waals surface area contributed by atoms with E-state index in [1.807, 2.05) is 0 Å². The predicted molar refractivity (Wildman–Crippen MR) is 133 cm³/mol. The number of hydrogen-bond donors (Lipinski definition) is 1. The second-order valence-corrected chi connectivity index (χ2v) is 9.14. The fourth-order valence-electron chi connectivity index (χ4n) is 5.95. The van der Waals surface area contributed by atoms with Crippen molar-refractivity contribution in [1.29, 1.82) is 0 Å². The van der Waals surface area contributed by atoms with E-state index in [4.69, 9.17) is 15.5 Å². The van der Waals surface area contributed by atoms with Gasteiger partial charge in [0.1, 0.15) is 0 Å². The molecule has 8 rings (SSSR count).